The van der Waals surface area contributed by atoms with Crippen LogP contribution in [0.25, 0.3) is 11.3 Å². The van der Waals surface area contributed by atoms with E-state index in [4.69, 9.17) is 14.8 Å². The first-order chi connectivity index (χ1) is 12.7. The van der Waals surface area contributed by atoms with Crippen molar-refractivity contribution in [3.63, 3.8) is 0 Å². The van der Waals surface area contributed by atoms with Crippen LogP contribution in [-0.2, 0) is 4.74 Å². The molecule has 0 spiro atoms. The average molecular weight is 388 g/mol. The molecule has 0 aliphatic carbocycles. The van der Waals surface area contributed by atoms with Crippen molar-refractivity contribution in [2.45, 2.75) is 51.7 Å². The normalized spacial score (nSPS) is 17.6. The van der Waals surface area contributed by atoms with Gasteiger partial charge in [-0.2, -0.15) is 0 Å². The van der Waals surface area contributed by atoms with Gasteiger partial charge in [0.25, 0.3) is 0 Å². The Kier molecular flexibility index (Phi) is 5.51. The fraction of sp³-hybridized carbons (Fsp3) is 0.450. The van der Waals surface area contributed by atoms with Gasteiger partial charge in [0, 0.05) is 17.5 Å². The number of hydrogen-bond acceptors (Lipinski definition) is 5. The Balaban J connectivity index is 1.80. The van der Waals surface area contributed by atoms with Crippen molar-refractivity contribution in [3.8, 4) is 11.3 Å². The highest BCUT2D eigenvalue weighted by Crippen LogP contribution is 2.35. The first kappa shape index (κ1) is 19.4. The largest absolute Gasteiger partial charge is 0.478 e. The van der Waals surface area contributed by atoms with Crippen molar-refractivity contribution in [2.24, 2.45) is 0 Å². The van der Waals surface area contributed by atoms with Crippen molar-refractivity contribution in [1.82, 2.24) is 9.88 Å². The number of piperidine rings is 1. The maximum absolute atomic E-state index is 12.6. The molecule has 1 aliphatic rings. The molecule has 2 heterocycles. The molecule has 1 unspecified atom stereocenters. The molecule has 1 fully saturated rings. The van der Waals surface area contributed by atoms with Crippen LogP contribution in [-0.4, -0.2) is 39.2 Å². The molecule has 0 radical (unpaired) electrons. The number of likely N-dealkylation sites (tertiary alicyclic amines) is 1. The van der Waals surface area contributed by atoms with E-state index in [1.54, 1.807) is 29.2 Å². The Hall–Kier alpha value is -2.41. The molecule has 1 aromatic heterocycles. The lowest BCUT2D eigenvalue weighted by molar-refractivity contribution is 0.00948. The number of carboxylic acid groups (broad SMARTS) is 1. The number of carbonyl (C=O) groups excluding carboxylic acids is 1. The summed E-state index contributed by atoms with van der Waals surface area (Å²) in [6.07, 6.45) is 2.58. The van der Waals surface area contributed by atoms with Gasteiger partial charge in [-0.3, -0.25) is 4.90 Å². The monoisotopic (exact) mass is 388 g/mol. The van der Waals surface area contributed by atoms with Gasteiger partial charge in [-0.1, -0.05) is 12.1 Å². The minimum absolute atomic E-state index is 0.0781. The summed E-state index contributed by atoms with van der Waals surface area (Å²) in [6, 6.07) is 6.59. The molecule has 7 heteroatoms. The van der Waals surface area contributed by atoms with Crippen LogP contribution in [0, 0.1) is 0 Å². The second-order valence-electron chi connectivity index (χ2n) is 7.64. The molecule has 1 saturated heterocycles. The maximum atomic E-state index is 12.6. The summed E-state index contributed by atoms with van der Waals surface area (Å²) in [5.74, 6) is -0.948. The summed E-state index contributed by atoms with van der Waals surface area (Å²) in [7, 11) is 0. The van der Waals surface area contributed by atoms with Gasteiger partial charge in [0.15, 0.2) is 0 Å². The van der Waals surface area contributed by atoms with E-state index >= 15 is 0 Å². The van der Waals surface area contributed by atoms with Crippen molar-refractivity contribution >= 4 is 23.4 Å². The number of rotatable bonds is 3. The second-order valence-corrected chi connectivity index (χ2v) is 8.53. The fourth-order valence-corrected chi connectivity index (χ4v) is 4.06. The number of ether oxygens (including phenoxy) is 1. The van der Waals surface area contributed by atoms with Gasteiger partial charge < -0.3 is 9.84 Å². The summed E-state index contributed by atoms with van der Waals surface area (Å²) < 4.78 is 5.56. The minimum atomic E-state index is -0.948. The van der Waals surface area contributed by atoms with E-state index in [-0.39, 0.29) is 17.7 Å². The summed E-state index contributed by atoms with van der Waals surface area (Å²) in [6.45, 7) is 6.27. The Labute approximate surface area is 162 Å². The molecule has 1 aliphatic heterocycles. The smallest absolute Gasteiger partial charge is 0.410 e. The minimum Gasteiger partial charge on any atom is -0.478 e. The van der Waals surface area contributed by atoms with Gasteiger partial charge in [-0.25, -0.2) is 14.6 Å². The SMILES string of the molecule is CC(C)(C)OC(=O)N1CCCCC1c1nc(-c2ccc(C(=O)O)cc2)cs1. The summed E-state index contributed by atoms with van der Waals surface area (Å²) in [5, 5.41) is 11.9. The van der Waals surface area contributed by atoms with Crippen LogP contribution in [0.2, 0.25) is 0 Å². The number of carboxylic acids is 1. The predicted molar refractivity (Wildman–Crippen MR) is 104 cm³/mol. The summed E-state index contributed by atoms with van der Waals surface area (Å²) in [5.41, 5.74) is 1.38. The summed E-state index contributed by atoms with van der Waals surface area (Å²) in [4.78, 5) is 30.1. The van der Waals surface area contributed by atoms with Gasteiger partial charge in [-0.05, 0) is 52.2 Å². The third-order valence-electron chi connectivity index (χ3n) is 4.37. The Bertz CT molecular complexity index is 823. The van der Waals surface area contributed by atoms with Crippen LogP contribution in [0.4, 0.5) is 4.79 Å². The Morgan fingerprint density at radius 3 is 2.56 bits per heavy atom. The zero-order valence-corrected chi connectivity index (χ0v) is 16.6. The molecule has 2 aromatic rings. The van der Waals surface area contributed by atoms with Gasteiger partial charge in [0.05, 0.1) is 17.3 Å². The van der Waals surface area contributed by atoms with E-state index in [0.717, 1.165) is 35.5 Å². The number of aromatic nitrogens is 1. The molecular formula is C20H24N2O4S. The second kappa shape index (κ2) is 7.68. The van der Waals surface area contributed by atoms with E-state index in [0.29, 0.717) is 6.54 Å². The quantitative estimate of drug-likeness (QED) is 0.803. The van der Waals surface area contributed by atoms with E-state index < -0.39 is 11.6 Å². The lowest BCUT2D eigenvalue weighted by Crippen LogP contribution is -2.41. The molecule has 27 heavy (non-hydrogen) atoms. The lowest BCUT2D eigenvalue weighted by atomic mass is 10.0. The van der Waals surface area contributed by atoms with Crippen LogP contribution in [0.3, 0.4) is 0 Å². The Morgan fingerprint density at radius 1 is 1.22 bits per heavy atom. The number of thiazole rings is 1. The van der Waals surface area contributed by atoms with Crippen molar-refractivity contribution in [3.05, 3.63) is 40.2 Å². The number of hydrogen-bond donors (Lipinski definition) is 1. The number of aromatic carboxylic acids is 1. The highest BCUT2D eigenvalue weighted by atomic mass is 32.1. The van der Waals surface area contributed by atoms with E-state index in [2.05, 4.69) is 0 Å². The Morgan fingerprint density at radius 2 is 1.93 bits per heavy atom. The molecule has 1 aromatic carbocycles. The van der Waals surface area contributed by atoms with Gasteiger partial charge >= 0.3 is 12.1 Å². The first-order valence-corrected chi connectivity index (χ1v) is 9.91. The zero-order chi connectivity index (χ0) is 19.6. The molecular weight excluding hydrogens is 364 g/mol. The standard InChI is InChI=1S/C20H24N2O4S/c1-20(2,3)26-19(25)22-11-5-4-6-16(22)17-21-15(12-27-17)13-7-9-14(10-8-13)18(23)24/h7-10,12,16H,4-6,11H2,1-3H3,(H,23,24). The zero-order valence-electron chi connectivity index (χ0n) is 15.8. The van der Waals surface area contributed by atoms with E-state index in [1.165, 1.54) is 11.3 Å². The molecule has 6 nitrogen and oxygen atoms in total. The number of amides is 1. The molecule has 0 bridgehead atoms. The summed E-state index contributed by atoms with van der Waals surface area (Å²) >= 11 is 1.52. The molecule has 0 saturated carbocycles. The van der Waals surface area contributed by atoms with Gasteiger partial charge in [0.1, 0.15) is 10.6 Å². The van der Waals surface area contributed by atoms with Gasteiger partial charge in [0.2, 0.25) is 0 Å². The molecule has 1 atom stereocenters. The third kappa shape index (κ3) is 4.66. The lowest BCUT2D eigenvalue weighted by Gasteiger charge is -2.35. The van der Waals surface area contributed by atoms with Gasteiger partial charge in [-0.15, -0.1) is 11.3 Å². The fourth-order valence-electron chi connectivity index (χ4n) is 3.08. The van der Waals surface area contributed by atoms with E-state index in [1.807, 2.05) is 26.2 Å². The highest BCUT2D eigenvalue weighted by Gasteiger charge is 2.33. The predicted octanol–water partition coefficient (Wildman–Crippen LogP) is 4.97. The van der Waals surface area contributed by atoms with Crippen molar-refractivity contribution in [1.29, 1.82) is 0 Å². The van der Waals surface area contributed by atoms with Crippen molar-refractivity contribution < 1.29 is 19.4 Å². The van der Waals surface area contributed by atoms with Crippen molar-refractivity contribution in [2.75, 3.05) is 6.54 Å². The molecule has 3 rings (SSSR count). The topological polar surface area (TPSA) is 79.7 Å². The molecule has 1 N–H and O–H groups in total. The van der Waals surface area contributed by atoms with Crippen LogP contribution < -0.4 is 0 Å². The van der Waals surface area contributed by atoms with Crippen LogP contribution in [0.15, 0.2) is 29.6 Å². The maximum Gasteiger partial charge on any atom is 0.410 e. The number of carbonyl (C=O) groups is 2. The van der Waals surface area contributed by atoms with Crippen LogP contribution >= 0.6 is 11.3 Å². The van der Waals surface area contributed by atoms with Crippen LogP contribution in [0.5, 0.6) is 0 Å². The highest BCUT2D eigenvalue weighted by molar-refractivity contribution is 7.10. The molecule has 144 valence electrons. The van der Waals surface area contributed by atoms with Crippen LogP contribution in [0.1, 0.15) is 61.4 Å². The number of nitrogens with zero attached hydrogens (tertiary/aromatic N) is 2. The van der Waals surface area contributed by atoms with E-state index in [9.17, 15) is 9.59 Å². The molecule has 1 amide bonds. The average Bonchev–Trinajstić information content (AvgIpc) is 3.10. The third-order valence-corrected chi connectivity index (χ3v) is 5.31. The first-order valence-electron chi connectivity index (χ1n) is 9.03. The number of benzene rings is 1.